The molecule has 7 nitrogen and oxygen atoms in total. The zero-order chi connectivity index (χ0) is 14.0. The van der Waals surface area contributed by atoms with Crippen molar-refractivity contribution in [3.05, 3.63) is 33.9 Å². The molecule has 1 N–H and O–H groups in total. The van der Waals surface area contributed by atoms with Crippen LogP contribution in [-0.2, 0) is 9.84 Å². The van der Waals surface area contributed by atoms with Crippen LogP contribution in [0.3, 0.4) is 0 Å². The van der Waals surface area contributed by atoms with Crippen LogP contribution in [0.4, 0.5) is 11.4 Å². The number of nitrogens with zero attached hydrogens (tertiary/aromatic N) is 2. The van der Waals surface area contributed by atoms with E-state index in [0.29, 0.717) is 12.1 Å². The Balaban J connectivity index is 2.21. The van der Waals surface area contributed by atoms with E-state index in [1.165, 1.54) is 18.2 Å². The fourth-order valence-corrected chi connectivity index (χ4v) is 3.68. The molecule has 1 unspecified atom stereocenters. The molecular formula is C11H11N3O4S. The normalized spacial score (nSPS) is 20.7. The zero-order valence-electron chi connectivity index (χ0n) is 9.87. The molecule has 1 saturated heterocycles. The van der Waals surface area contributed by atoms with Crippen LogP contribution >= 0.6 is 0 Å². The maximum atomic E-state index is 11.3. The van der Waals surface area contributed by atoms with E-state index in [2.05, 4.69) is 5.32 Å². The molecule has 0 bridgehead atoms. The van der Waals surface area contributed by atoms with E-state index in [9.17, 15) is 18.5 Å². The predicted octanol–water partition coefficient (Wildman–Crippen LogP) is 1.07. The van der Waals surface area contributed by atoms with Crippen molar-refractivity contribution in [1.82, 2.24) is 0 Å². The number of sulfone groups is 1. The Morgan fingerprint density at radius 3 is 2.74 bits per heavy atom. The molecule has 0 amide bonds. The summed E-state index contributed by atoms with van der Waals surface area (Å²) in [6, 6.07) is 5.65. The summed E-state index contributed by atoms with van der Waals surface area (Å²) < 4.78 is 22.6. The van der Waals surface area contributed by atoms with Gasteiger partial charge in [-0.15, -0.1) is 0 Å². The standard InChI is InChI=1S/C11H11N3O4S/c12-6-8-1-2-9(5-11(8)14(15)16)13-10-3-4-19(17,18)7-10/h1-2,5,10,13H,3-4,7H2. The molecule has 0 aliphatic carbocycles. The predicted molar refractivity (Wildman–Crippen MR) is 68.5 cm³/mol. The molecule has 1 aliphatic rings. The summed E-state index contributed by atoms with van der Waals surface area (Å²) >= 11 is 0. The van der Waals surface area contributed by atoms with Crippen LogP contribution in [0.2, 0.25) is 0 Å². The highest BCUT2D eigenvalue weighted by molar-refractivity contribution is 7.91. The lowest BCUT2D eigenvalue weighted by atomic mass is 10.1. The highest BCUT2D eigenvalue weighted by atomic mass is 32.2. The number of nitrogens with one attached hydrogen (secondary N) is 1. The van der Waals surface area contributed by atoms with Gasteiger partial charge in [0, 0.05) is 17.8 Å². The van der Waals surface area contributed by atoms with Crippen LogP contribution in [0.15, 0.2) is 18.2 Å². The molecule has 1 aromatic rings. The number of benzene rings is 1. The van der Waals surface area contributed by atoms with Crippen molar-refractivity contribution in [2.75, 3.05) is 16.8 Å². The number of hydrogen-bond donors (Lipinski definition) is 1. The summed E-state index contributed by atoms with van der Waals surface area (Å²) in [7, 11) is -3.00. The van der Waals surface area contributed by atoms with Gasteiger partial charge in [0.2, 0.25) is 0 Å². The van der Waals surface area contributed by atoms with Crippen LogP contribution in [0.25, 0.3) is 0 Å². The molecule has 1 atom stereocenters. The largest absolute Gasteiger partial charge is 0.381 e. The Bertz CT molecular complexity index is 663. The molecule has 0 saturated carbocycles. The number of rotatable bonds is 3. The van der Waals surface area contributed by atoms with Crippen LogP contribution in [-0.4, -0.2) is 30.9 Å². The van der Waals surface area contributed by atoms with E-state index in [0.717, 1.165) is 0 Å². The minimum Gasteiger partial charge on any atom is -0.381 e. The van der Waals surface area contributed by atoms with E-state index in [4.69, 9.17) is 5.26 Å². The van der Waals surface area contributed by atoms with E-state index < -0.39 is 14.8 Å². The summed E-state index contributed by atoms with van der Waals surface area (Å²) in [5.74, 6) is 0.157. The van der Waals surface area contributed by atoms with Crippen LogP contribution < -0.4 is 5.32 Å². The van der Waals surface area contributed by atoms with Gasteiger partial charge in [-0.2, -0.15) is 5.26 Å². The van der Waals surface area contributed by atoms with E-state index in [1.54, 1.807) is 6.07 Å². The zero-order valence-corrected chi connectivity index (χ0v) is 10.7. The van der Waals surface area contributed by atoms with Gasteiger partial charge in [0.15, 0.2) is 9.84 Å². The molecule has 0 radical (unpaired) electrons. The molecule has 0 spiro atoms. The van der Waals surface area contributed by atoms with Gasteiger partial charge in [0.25, 0.3) is 5.69 Å². The van der Waals surface area contributed by atoms with Gasteiger partial charge < -0.3 is 5.32 Å². The molecule has 1 aliphatic heterocycles. The molecular weight excluding hydrogens is 270 g/mol. The Labute approximate surface area is 109 Å². The van der Waals surface area contributed by atoms with Crippen LogP contribution in [0, 0.1) is 21.4 Å². The lowest BCUT2D eigenvalue weighted by molar-refractivity contribution is -0.385. The second-order valence-corrected chi connectivity index (χ2v) is 6.57. The number of hydrogen-bond acceptors (Lipinski definition) is 6. The smallest absolute Gasteiger partial charge is 0.289 e. The van der Waals surface area contributed by atoms with Crippen molar-refractivity contribution in [3.8, 4) is 6.07 Å². The Morgan fingerprint density at radius 2 is 2.21 bits per heavy atom. The third-order valence-electron chi connectivity index (χ3n) is 2.92. The van der Waals surface area contributed by atoms with Crippen molar-refractivity contribution in [2.24, 2.45) is 0 Å². The first-order valence-corrected chi connectivity index (χ1v) is 7.39. The molecule has 1 heterocycles. The van der Waals surface area contributed by atoms with Gasteiger partial charge in [0.05, 0.1) is 16.4 Å². The molecule has 2 rings (SSSR count). The van der Waals surface area contributed by atoms with Crippen molar-refractivity contribution in [1.29, 1.82) is 5.26 Å². The topological polar surface area (TPSA) is 113 Å². The fraction of sp³-hybridized carbons (Fsp3) is 0.364. The van der Waals surface area contributed by atoms with Gasteiger partial charge in [-0.3, -0.25) is 10.1 Å². The quantitative estimate of drug-likeness (QED) is 0.654. The van der Waals surface area contributed by atoms with Crippen molar-refractivity contribution < 1.29 is 13.3 Å². The number of nitro groups is 1. The summed E-state index contributed by atoms with van der Waals surface area (Å²) in [5.41, 5.74) is 0.149. The van der Waals surface area contributed by atoms with Crippen molar-refractivity contribution in [2.45, 2.75) is 12.5 Å². The maximum Gasteiger partial charge on any atom is 0.289 e. The van der Waals surface area contributed by atoms with Crippen molar-refractivity contribution in [3.63, 3.8) is 0 Å². The third kappa shape index (κ3) is 3.00. The minimum absolute atomic E-state index is 0.0189. The SMILES string of the molecule is N#Cc1ccc(NC2CCS(=O)(=O)C2)cc1[N+](=O)[O-]. The number of anilines is 1. The maximum absolute atomic E-state index is 11.3. The molecule has 100 valence electrons. The van der Waals surface area contributed by atoms with Crippen molar-refractivity contribution >= 4 is 21.2 Å². The lowest BCUT2D eigenvalue weighted by Gasteiger charge is -2.12. The summed E-state index contributed by atoms with van der Waals surface area (Å²) in [5, 5.41) is 22.5. The second kappa shape index (κ2) is 4.85. The average Bonchev–Trinajstić information content (AvgIpc) is 2.68. The van der Waals surface area contributed by atoms with E-state index in [-0.39, 0.29) is 28.8 Å². The van der Waals surface area contributed by atoms with Gasteiger partial charge in [-0.05, 0) is 18.6 Å². The van der Waals surface area contributed by atoms with E-state index in [1.807, 2.05) is 0 Å². The summed E-state index contributed by atoms with van der Waals surface area (Å²) in [6.45, 7) is 0. The van der Waals surface area contributed by atoms with E-state index >= 15 is 0 Å². The number of nitro benzene ring substituents is 1. The Hall–Kier alpha value is -2.14. The lowest BCUT2D eigenvalue weighted by Crippen LogP contribution is -2.20. The Kier molecular flexibility index (Phi) is 3.40. The molecule has 0 aromatic heterocycles. The van der Waals surface area contributed by atoms with Gasteiger partial charge in [-0.25, -0.2) is 8.42 Å². The molecule has 1 aromatic carbocycles. The van der Waals surface area contributed by atoms with Gasteiger partial charge in [-0.1, -0.05) is 0 Å². The highest BCUT2D eigenvalue weighted by Gasteiger charge is 2.28. The second-order valence-electron chi connectivity index (χ2n) is 4.35. The van der Waals surface area contributed by atoms with Crippen LogP contribution in [0.1, 0.15) is 12.0 Å². The fourth-order valence-electron chi connectivity index (χ4n) is 2.01. The first-order chi connectivity index (χ1) is 8.91. The van der Waals surface area contributed by atoms with Gasteiger partial charge in [0.1, 0.15) is 11.6 Å². The van der Waals surface area contributed by atoms with Crippen LogP contribution in [0.5, 0.6) is 0 Å². The van der Waals surface area contributed by atoms with Gasteiger partial charge >= 0.3 is 0 Å². The first-order valence-electron chi connectivity index (χ1n) is 5.57. The highest BCUT2D eigenvalue weighted by Crippen LogP contribution is 2.24. The summed E-state index contributed by atoms with van der Waals surface area (Å²) in [4.78, 5) is 10.2. The summed E-state index contributed by atoms with van der Waals surface area (Å²) in [6.07, 6.45) is 0.482. The average molecular weight is 281 g/mol. The minimum atomic E-state index is -3.00. The molecule has 1 fully saturated rings. The first kappa shape index (κ1) is 13.3. The number of nitriles is 1. The molecule has 19 heavy (non-hydrogen) atoms. The molecule has 8 heteroatoms. The Morgan fingerprint density at radius 1 is 1.47 bits per heavy atom. The monoisotopic (exact) mass is 281 g/mol. The third-order valence-corrected chi connectivity index (χ3v) is 4.69.